The van der Waals surface area contributed by atoms with Gasteiger partial charge in [-0.05, 0) is 75.2 Å². The lowest BCUT2D eigenvalue weighted by molar-refractivity contribution is 0.0956. The van der Waals surface area contributed by atoms with Gasteiger partial charge in [-0.25, -0.2) is 10.4 Å². The molecule has 1 amide bonds. The van der Waals surface area contributed by atoms with Crippen molar-refractivity contribution < 1.29 is 9.53 Å². The van der Waals surface area contributed by atoms with E-state index < -0.39 is 0 Å². The minimum atomic E-state index is -0.278. The van der Waals surface area contributed by atoms with Crippen molar-refractivity contribution in [2.45, 2.75) is 27.7 Å². The molecule has 1 N–H and O–H groups in total. The summed E-state index contributed by atoms with van der Waals surface area (Å²) in [6, 6.07) is 21.4. The fourth-order valence-electron chi connectivity index (χ4n) is 4.01. The van der Waals surface area contributed by atoms with Gasteiger partial charge in [-0.3, -0.25) is 4.79 Å². The first kappa shape index (κ1) is 22.2. The van der Waals surface area contributed by atoms with Gasteiger partial charge in [-0.1, -0.05) is 35.9 Å². The summed E-state index contributed by atoms with van der Waals surface area (Å²) in [7, 11) is 0. The molecule has 5 heteroatoms. The monoisotopic (exact) mass is 437 g/mol. The van der Waals surface area contributed by atoms with Gasteiger partial charge in [-0.15, -0.1) is 0 Å². The van der Waals surface area contributed by atoms with Crippen molar-refractivity contribution in [2.75, 3.05) is 6.61 Å². The van der Waals surface area contributed by atoms with E-state index >= 15 is 0 Å². The molecule has 1 heterocycles. The molecule has 0 unspecified atom stereocenters. The number of amides is 1. The van der Waals surface area contributed by atoms with Crippen LogP contribution in [0.3, 0.4) is 0 Å². The van der Waals surface area contributed by atoms with Crippen molar-refractivity contribution in [3.05, 3.63) is 94.5 Å². The van der Waals surface area contributed by atoms with Gasteiger partial charge < -0.3 is 4.74 Å². The normalized spacial score (nSPS) is 11.2. The molecule has 0 radical (unpaired) electrons. The Kier molecular flexibility index (Phi) is 6.50. The van der Waals surface area contributed by atoms with Gasteiger partial charge in [0.15, 0.2) is 0 Å². The lowest BCUT2D eigenvalue weighted by atomic mass is 10.0. The molecule has 0 saturated heterocycles. The zero-order valence-electron chi connectivity index (χ0n) is 19.3. The average molecular weight is 438 g/mol. The highest BCUT2D eigenvalue weighted by atomic mass is 16.5. The highest BCUT2D eigenvalue weighted by Gasteiger charge is 2.14. The summed E-state index contributed by atoms with van der Waals surface area (Å²) in [5.41, 5.74) is 10.1. The molecule has 0 spiro atoms. The summed E-state index contributed by atoms with van der Waals surface area (Å²) in [5, 5.41) is 5.03. The van der Waals surface area contributed by atoms with Crippen molar-refractivity contribution in [1.82, 2.24) is 10.4 Å². The van der Waals surface area contributed by atoms with Crippen LogP contribution in [0.4, 0.5) is 0 Å². The van der Waals surface area contributed by atoms with E-state index in [2.05, 4.69) is 29.6 Å². The number of hydrogen-bond acceptors (Lipinski definition) is 4. The second-order valence-corrected chi connectivity index (χ2v) is 8.04. The van der Waals surface area contributed by atoms with Crippen molar-refractivity contribution >= 4 is 23.0 Å². The van der Waals surface area contributed by atoms with E-state index in [0.717, 1.165) is 44.6 Å². The van der Waals surface area contributed by atoms with Crippen molar-refractivity contribution in [2.24, 2.45) is 5.10 Å². The van der Waals surface area contributed by atoms with E-state index in [9.17, 15) is 4.79 Å². The van der Waals surface area contributed by atoms with E-state index in [4.69, 9.17) is 9.72 Å². The van der Waals surface area contributed by atoms with Crippen LogP contribution >= 0.6 is 0 Å². The Morgan fingerprint density at radius 1 is 1.00 bits per heavy atom. The van der Waals surface area contributed by atoms with E-state index in [1.807, 2.05) is 75.4 Å². The van der Waals surface area contributed by atoms with Crippen LogP contribution in [0.2, 0.25) is 0 Å². The zero-order chi connectivity index (χ0) is 23.4. The Morgan fingerprint density at radius 3 is 2.39 bits per heavy atom. The Labute approximate surface area is 194 Å². The van der Waals surface area contributed by atoms with Gasteiger partial charge in [0.2, 0.25) is 0 Å². The molecule has 0 aliphatic rings. The molecule has 166 valence electrons. The summed E-state index contributed by atoms with van der Waals surface area (Å²) in [6.45, 7) is 8.72. The van der Waals surface area contributed by atoms with Gasteiger partial charge in [-0.2, -0.15) is 5.10 Å². The number of carbonyl (C=O) groups excluding carboxylic acids is 1. The lowest BCUT2D eigenvalue weighted by Crippen LogP contribution is -2.18. The number of hydrazone groups is 1. The predicted octanol–water partition coefficient (Wildman–Crippen LogP) is 5.99. The molecule has 0 atom stereocenters. The second kappa shape index (κ2) is 9.65. The van der Waals surface area contributed by atoms with Crippen molar-refractivity contribution in [3.8, 4) is 17.0 Å². The zero-order valence-corrected chi connectivity index (χ0v) is 19.3. The Hall–Kier alpha value is -3.99. The van der Waals surface area contributed by atoms with Crippen LogP contribution < -0.4 is 10.2 Å². The molecule has 0 aliphatic carbocycles. The number of pyridine rings is 1. The van der Waals surface area contributed by atoms with E-state index in [0.29, 0.717) is 12.2 Å². The number of ether oxygens (including phenoxy) is 1. The molecule has 0 bridgehead atoms. The van der Waals surface area contributed by atoms with E-state index in [1.165, 1.54) is 5.56 Å². The summed E-state index contributed by atoms with van der Waals surface area (Å²) in [4.78, 5) is 17.9. The van der Waals surface area contributed by atoms with Gasteiger partial charge in [0.25, 0.3) is 5.91 Å². The average Bonchev–Trinajstić information content (AvgIpc) is 2.80. The number of carbonyl (C=O) groups is 1. The third-order valence-corrected chi connectivity index (χ3v) is 5.52. The predicted molar refractivity (Wildman–Crippen MR) is 134 cm³/mol. The minimum absolute atomic E-state index is 0.278. The number of nitrogens with zero attached hydrogens (tertiary/aromatic N) is 2. The molecular weight excluding hydrogens is 410 g/mol. The first-order chi connectivity index (χ1) is 16.0. The van der Waals surface area contributed by atoms with Crippen molar-refractivity contribution in [1.29, 1.82) is 0 Å². The molecule has 0 saturated carbocycles. The largest absolute Gasteiger partial charge is 0.494 e. The van der Waals surface area contributed by atoms with E-state index in [1.54, 1.807) is 6.21 Å². The molecule has 4 aromatic rings. The van der Waals surface area contributed by atoms with E-state index in [-0.39, 0.29) is 5.91 Å². The van der Waals surface area contributed by atoms with Crippen LogP contribution in [0.1, 0.15) is 39.5 Å². The third kappa shape index (κ3) is 4.93. The first-order valence-corrected chi connectivity index (χ1v) is 11.0. The maximum atomic E-state index is 13.1. The number of aromatic nitrogens is 1. The topological polar surface area (TPSA) is 63.6 Å². The number of hydrogen-bond donors (Lipinski definition) is 1. The standard InChI is InChI=1S/C28H27N3O2/c1-5-33-22-12-10-21(11-13-22)27-16-24(23-8-6-7-9-26(23)30-27)28(32)31-29-17-25-19(3)14-18(2)15-20(25)4/h6-17H,5H2,1-4H3,(H,31,32)/b29-17+. The summed E-state index contributed by atoms with van der Waals surface area (Å²) in [5.74, 6) is 0.524. The number of rotatable bonds is 6. The quantitative estimate of drug-likeness (QED) is 0.298. The van der Waals surface area contributed by atoms with Gasteiger partial charge in [0.05, 0.1) is 29.6 Å². The van der Waals surface area contributed by atoms with Gasteiger partial charge >= 0.3 is 0 Å². The molecule has 0 aliphatic heterocycles. The first-order valence-electron chi connectivity index (χ1n) is 11.0. The van der Waals surface area contributed by atoms with Gasteiger partial charge in [0, 0.05) is 16.5 Å². The number of benzene rings is 3. The number of nitrogens with one attached hydrogen (secondary N) is 1. The van der Waals surface area contributed by atoms with Crippen LogP contribution in [-0.4, -0.2) is 23.7 Å². The summed E-state index contributed by atoms with van der Waals surface area (Å²) in [6.07, 6.45) is 1.71. The smallest absolute Gasteiger partial charge is 0.272 e. The lowest BCUT2D eigenvalue weighted by Gasteiger charge is -2.10. The molecule has 33 heavy (non-hydrogen) atoms. The van der Waals surface area contributed by atoms with Crippen LogP contribution in [0.5, 0.6) is 5.75 Å². The number of para-hydroxylation sites is 1. The molecule has 4 rings (SSSR count). The molecule has 3 aromatic carbocycles. The Bertz CT molecular complexity index is 1320. The van der Waals surface area contributed by atoms with Crippen molar-refractivity contribution in [3.63, 3.8) is 0 Å². The van der Waals surface area contributed by atoms with Crippen LogP contribution in [0, 0.1) is 20.8 Å². The number of fused-ring (bicyclic) bond motifs is 1. The molecular formula is C28H27N3O2. The summed E-state index contributed by atoms with van der Waals surface area (Å²) >= 11 is 0. The maximum Gasteiger partial charge on any atom is 0.272 e. The third-order valence-electron chi connectivity index (χ3n) is 5.52. The van der Waals surface area contributed by atoms with Crippen LogP contribution in [-0.2, 0) is 0 Å². The Morgan fingerprint density at radius 2 is 1.70 bits per heavy atom. The minimum Gasteiger partial charge on any atom is -0.494 e. The fourth-order valence-corrected chi connectivity index (χ4v) is 4.01. The Balaban J connectivity index is 1.66. The highest BCUT2D eigenvalue weighted by Crippen LogP contribution is 2.26. The summed E-state index contributed by atoms with van der Waals surface area (Å²) < 4.78 is 5.53. The highest BCUT2D eigenvalue weighted by molar-refractivity contribution is 6.07. The fraction of sp³-hybridized carbons (Fsp3) is 0.179. The maximum absolute atomic E-state index is 13.1. The molecule has 0 fully saturated rings. The molecule has 5 nitrogen and oxygen atoms in total. The number of aryl methyl sites for hydroxylation is 3. The SMILES string of the molecule is CCOc1ccc(-c2cc(C(=O)N/N=C/c3c(C)cc(C)cc3C)c3ccccc3n2)cc1. The molecule has 1 aromatic heterocycles. The second-order valence-electron chi connectivity index (χ2n) is 8.04. The van der Waals surface area contributed by atoms with Crippen LogP contribution in [0.15, 0.2) is 71.8 Å². The van der Waals surface area contributed by atoms with Crippen LogP contribution in [0.25, 0.3) is 22.2 Å². The van der Waals surface area contributed by atoms with Gasteiger partial charge in [0.1, 0.15) is 5.75 Å².